The van der Waals surface area contributed by atoms with Crippen LogP contribution in [-0.2, 0) is 16.4 Å². The number of para-hydroxylation sites is 1. The van der Waals surface area contributed by atoms with E-state index in [2.05, 4.69) is 22.4 Å². The molecule has 5 heteroatoms. The van der Waals surface area contributed by atoms with Crippen molar-refractivity contribution in [2.45, 2.75) is 25.9 Å². The SMILES string of the molecule is Cc1cc(CNC2CCS(=O)(=O)C2)c2ccccc2n1. The van der Waals surface area contributed by atoms with Gasteiger partial charge in [-0.25, -0.2) is 8.42 Å². The van der Waals surface area contributed by atoms with E-state index in [0.29, 0.717) is 18.7 Å². The van der Waals surface area contributed by atoms with Crippen LogP contribution in [0.4, 0.5) is 0 Å². The maximum absolute atomic E-state index is 11.5. The molecule has 106 valence electrons. The number of aromatic nitrogens is 1. The van der Waals surface area contributed by atoms with Gasteiger partial charge < -0.3 is 5.32 Å². The van der Waals surface area contributed by atoms with Crippen LogP contribution < -0.4 is 5.32 Å². The Bertz CT molecular complexity index is 741. The largest absolute Gasteiger partial charge is 0.309 e. The lowest BCUT2D eigenvalue weighted by molar-refractivity contribution is 0.555. The molecule has 2 heterocycles. The van der Waals surface area contributed by atoms with Gasteiger partial charge in [0.05, 0.1) is 17.0 Å². The molecule has 1 aliphatic heterocycles. The van der Waals surface area contributed by atoms with Crippen molar-refractivity contribution in [1.82, 2.24) is 10.3 Å². The minimum atomic E-state index is -2.83. The van der Waals surface area contributed by atoms with Crippen molar-refractivity contribution >= 4 is 20.7 Å². The van der Waals surface area contributed by atoms with Gasteiger partial charge >= 0.3 is 0 Å². The summed E-state index contributed by atoms with van der Waals surface area (Å²) in [6.45, 7) is 2.67. The first-order valence-corrected chi connectivity index (χ1v) is 8.65. The molecular weight excluding hydrogens is 272 g/mol. The molecule has 0 amide bonds. The molecular formula is C15H18N2O2S. The molecule has 20 heavy (non-hydrogen) atoms. The lowest BCUT2D eigenvalue weighted by atomic mass is 10.1. The van der Waals surface area contributed by atoms with E-state index in [1.54, 1.807) is 0 Å². The number of hydrogen-bond acceptors (Lipinski definition) is 4. The molecule has 0 saturated carbocycles. The van der Waals surface area contributed by atoms with Gasteiger partial charge in [0.1, 0.15) is 0 Å². The highest BCUT2D eigenvalue weighted by molar-refractivity contribution is 7.91. The topological polar surface area (TPSA) is 59.1 Å². The van der Waals surface area contributed by atoms with E-state index in [0.717, 1.165) is 16.6 Å². The Balaban J connectivity index is 1.81. The zero-order valence-electron chi connectivity index (χ0n) is 11.5. The number of benzene rings is 1. The van der Waals surface area contributed by atoms with Gasteiger partial charge in [-0.2, -0.15) is 0 Å². The average Bonchev–Trinajstić information content (AvgIpc) is 2.75. The van der Waals surface area contributed by atoms with Crippen LogP contribution in [0.5, 0.6) is 0 Å². The van der Waals surface area contributed by atoms with Crippen LogP contribution in [0.15, 0.2) is 30.3 Å². The van der Waals surface area contributed by atoms with E-state index >= 15 is 0 Å². The lowest BCUT2D eigenvalue weighted by Crippen LogP contribution is -2.29. The number of nitrogens with one attached hydrogen (secondary N) is 1. The summed E-state index contributed by atoms with van der Waals surface area (Å²) in [5.41, 5.74) is 3.15. The molecule has 1 atom stereocenters. The molecule has 2 aromatic rings. The van der Waals surface area contributed by atoms with Crippen LogP contribution in [0.2, 0.25) is 0 Å². The van der Waals surface area contributed by atoms with Crippen molar-refractivity contribution in [3.8, 4) is 0 Å². The van der Waals surface area contributed by atoms with E-state index in [-0.39, 0.29) is 11.8 Å². The minimum absolute atomic E-state index is 0.0761. The quantitative estimate of drug-likeness (QED) is 0.937. The zero-order chi connectivity index (χ0) is 14.2. The second-order valence-electron chi connectivity index (χ2n) is 5.42. The molecule has 1 fully saturated rings. The van der Waals surface area contributed by atoms with Crippen molar-refractivity contribution in [2.75, 3.05) is 11.5 Å². The summed E-state index contributed by atoms with van der Waals surface area (Å²) in [6.07, 6.45) is 0.713. The van der Waals surface area contributed by atoms with Crippen molar-refractivity contribution < 1.29 is 8.42 Å². The maximum atomic E-state index is 11.5. The summed E-state index contributed by atoms with van der Waals surface area (Å²) in [4.78, 5) is 4.52. The summed E-state index contributed by atoms with van der Waals surface area (Å²) in [5.74, 6) is 0.565. The van der Waals surface area contributed by atoms with E-state index in [1.165, 1.54) is 5.56 Å². The Morgan fingerprint density at radius 2 is 2.15 bits per heavy atom. The molecule has 0 spiro atoms. The molecule has 4 nitrogen and oxygen atoms in total. The first-order valence-electron chi connectivity index (χ1n) is 6.82. The summed E-state index contributed by atoms with van der Waals surface area (Å²) >= 11 is 0. The van der Waals surface area contributed by atoms with Gasteiger partial charge in [0.2, 0.25) is 0 Å². The van der Waals surface area contributed by atoms with Crippen molar-refractivity contribution in [3.05, 3.63) is 41.6 Å². The summed E-state index contributed by atoms with van der Waals surface area (Å²) < 4.78 is 22.9. The molecule has 1 unspecified atom stereocenters. The summed E-state index contributed by atoms with van der Waals surface area (Å²) in [7, 11) is -2.83. The number of sulfone groups is 1. The fraction of sp³-hybridized carbons (Fsp3) is 0.400. The lowest BCUT2D eigenvalue weighted by Gasteiger charge is -2.13. The summed E-state index contributed by atoms with van der Waals surface area (Å²) in [5, 5.41) is 4.50. The van der Waals surface area contributed by atoms with Crippen LogP contribution in [0.3, 0.4) is 0 Å². The Kier molecular flexibility index (Phi) is 3.48. The van der Waals surface area contributed by atoms with E-state index in [1.807, 2.05) is 25.1 Å². The maximum Gasteiger partial charge on any atom is 0.151 e. The van der Waals surface area contributed by atoms with Gasteiger partial charge in [-0.05, 0) is 31.0 Å². The molecule has 1 saturated heterocycles. The predicted octanol–water partition coefficient (Wildman–Crippen LogP) is 1.82. The minimum Gasteiger partial charge on any atom is -0.309 e. The number of fused-ring (bicyclic) bond motifs is 1. The van der Waals surface area contributed by atoms with Crippen LogP contribution in [0, 0.1) is 6.92 Å². The first-order chi connectivity index (χ1) is 9.53. The van der Waals surface area contributed by atoms with E-state index in [9.17, 15) is 8.42 Å². The van der Waals surface area contributed by atoms with Gasteiger partial charge in [0.25, 0.3) is 0 Å². The molecule has 0 radical (unpaired) electrons. The standard InChI is InChI=1S/C15H18N2O2S/c1-11-8-12(14-4-2-3-5-15(14)17-11)9-16-13-6-7-20(18,19)10-13/h2-5,8,13,16H,6-7,9-10H2,1H3. The van der Waals surface area contributed by atoms with Crippen LogP contribution in [-0.4, -0.2) is 30.9 Å². The van der Waals surface area contributed by atoms with Crippen LogP contribution >= 0.6 is 0 Å². The number of pyridine rings is 1. The summed E-state index contributed by atoms with van der Waals surface area (Å²) in [6, 6.07) is 10.2. The first kappa shape index (κ1) is 13.5. The van der Waals surface area contributed by atoms with Crippen LogP contribution in [0.25, 0.3) is 10.9 Å². The van der Waals surface area contributed by atoms with Gasteiger partial charge in [-0.15, -0.1) is 0 Å². The smallest absolute Gasteiger partial charge is 0.151 e. The van der Waals surface area contributed by atoms with Gasteiger partial charge in [0, 0.05) is 23.7 Å². The second-order valence-corrected chi connectivity index (χ2v) is 7.65. The third-order valence-corrected chi connectivity index (χ3v) is 5.51. The fourth-order valence-corrected chi connectivity index (χ4v) is 4.46. The molecule has 0 bridgehead atoms. The monoisotopic (exact) mass is 290 g/mol. The normalized spacial score (nSPS) is 21.4. The molecule has 1 N–H and O–H groups in total. The average molecular weight is 290 g/mol. The molecule has 1 aromatic heterocycles. The van der Waals surface area contributed by atoms with Gasteiger partial charge in [-0.3, -0.25) is 4.98 Å². The number of hydrogen-bond donors (Lipinski definition) is 1. The predicted molar refractivity (Wildman–Crippen MR) is 80.4 cm³/mol. The third kappa shape index (κ3) is 2.83. The third-order valence-electron chi connectivity index (χ3n) is 3.74. The van der Waals surface area contributed by atoms with Crippen molar-refractivity contribution in [1.29, 1.82) is 0 Å². The van der Waals surface area contributed by atoms with E-state index in [4.69, 9.17) is 0 Å². The number of nitrogens with zero attached hydrogens (tertiary/aromatic N) is 1. The van der Waals surface area contributed by atoms with Gasteiger partial charge in [-0.1, -0.05) is 18.2 Å². The molecule has 3 rings (SSSR count). The highest BCUT2D eigenvalue weighted by atomic mass is 32.2. The molecule has 1 aliphatic rings. The fourth-order valence-electron chi connectivity index (χ4n) is 2.75. The van der Waals surface area contributed by atoms with Crippen LogP contribution in [0.1, 0.15) is 17.7 Å². The van der Waals surface area contributed by atoms with E-state index < -0.39 is 9.84 Å². The number of aryl methyl sites for hydroxylation is 1. The molecule has 1 aromatic carbocycles. The molecule has 0 aliphatic carbocycles. The van der Waals surface area contributed by atoms with Crippen molar-refractivity contribution in [2.24, 2.45) is 0 Å². The highest BCUT2D eigenvalue weighted by Gasteiger charge is 2.27. The Morgan fingerprint density at radius 3 is 2.90 bits per heavy atom. The Morgan fingerprint density at radius 1 is 1.35 bits per heavy atom. The van der Waals surface area contributed by atoms with Crippen molar-refractivity contribution in [3.63, 3.8) is 0 Å². The second kappa shape index (κ2) is 5.14. The Labute approximate surface area is 119 Å². The highest BCUT2D eigenvalue weighted by Crippen LogP contribution is 2.19. The Hall–Kier alpha value is -1.46. The van der Waals surface area contributed by atoms with Gasteiger partial charge in [0.15, 0.2) is 9.84 Å². The number of rotatable bonds is 3. The zero-order valence-corrected chi connectivity index (χ0v) is 12.3.